The minimum Gasteiger partial charge on any atom is -0.495 e. The first kappa shape index (κ1) is 20.8. The third-order valence-corrected chi connectivity index (χ3v) is 6.72. The average molecular weight is 416 g/mol. The molecule has 146 valence electrons. The van der Waals surface area contributed by atoms with Crippen molar-refractivity contribution in [3.63, 3.8) is 0 Å². The van der Waals surface area contributed by atoms with Crippen LogP contribution in [0.15, 0.2) is 52.3 Å². The lowest BCUT2D eigenvalue weighted by Gasteiger charge is -2.15. The molecule has 0 spiro atoms. The molecule has 0 aliphatic carbocycles. The molecule has 1 N–H and O–H groups in total. The largest absolute Gasteiger partial charge is 0.495 e. The molecule has 0 aliphatic heterocycles. The van der Waals surface area contributed by atoms with Crippen molar-refractivity contribution in [1.29, 1.82) is 0 Å². The van der Waals surface area contributed by atoms with Crippen LogP contribution in [0.1, 0.15) is 10.4 Å². The number of carbonyl (C=O) groups excluding carboxylic acids is 1. The summed E-state index contributed by atoms with van der Waals surface area (Å²) < 4.78 is 69.9. The molecule has 0 saturated carbocycles. The van der Waals surface area contributed by atoms with Gasteiger partial charge in [-0.05, 0) is 42.5 Å². The fourth-order valence-corrected chi connectivity index (χ4v) is 4.12. The van der Waals surface area contributed by atoms with Crippen LogP contribution in [-0.4, -0.2) is 48.3 Å². The third-order valence-electron chi connectivity index (χ3n) is 3.54. The van der Waals surface area contributed by atoms with Crippen LogP contribution in [0.5, 0.6) is 5.75 Å². The number of sulfonamides is 2. The van der Waals surface area contributed by atoms with Crippen LogP contribution < -0.4 is 9.46 Å². The van der Waals surface area contributed by atoms with Gasteiger partial charge in [0.25, 0.3) is 15.9 Å². The number of ether oxygens (including phenoxy) is 1. The van der Waals surface area contributed by atoms with Crippen LogP contribution in [0.3, 0.4) is 0 Å². The molecule has 0 atom stereocenters. The Labute approximate surface area is 156 Å². The summed E-state index contributed by atoms with van der Waals surface area (Å²) in [6.45, 7) is 0. The van der Waals surface area contributed by atoms with Gasteiger partial charge < -0.3 is 4.74 Å². The highest BCUT2D eigenvalue weighted by atomic mass is 32.2. The van der Waals surface area contributed by atoms with Gasteiger partial charge in [-0.3, -0.25) is 4.79 Å². The predicted molar refractivity (Wildman–Crippen MR) is 94.9 cm³/mol. The van der Waals surface area contributed by atoms with Gasteiger partial charge in [0.2, 0.25) is 10.0 Å². The highest BCUT2D eigenvalue weighted by Gasteiger charge is 2.25. The molecule has 11 heteroatoms. The van der Waals surface area contributed by atoms with E-state index in [2.05, 4.69) is 0 Å². The van der Waals surface area contributed by atoms with Crippen molar-refractivity contribution in [1.82, 2.24) is 9.03 Å². The Morgan fingerprint density at radius 1 is 1.04 bits per heavy atom. The Bertz CT molecular complexity index is 1060. The zero-order valence-electron chi connectivity index (χ0n) is 14.6. The zero-order valence-corrected chi connectivity index (χ0v) is 16.3. The van der Waals surface area contributed by atoms with Crippen LogP contribution >= 0.6 is 0 Å². The first-order chi connectivity index (χ1) is 12.5. The van der Waals surface area contributed by atoms with E-state index in [1.54, 1.807) is 0 Å². The topological polar surface area (TPSA) is 110 Å². The van der Waals surface area contributed by atoms with Crippen molar-refractivity contribution >= 4 is 26.0 Å². The first-order valence-corrected chi connectivity index (χ1v) is 10.3. The van der Waals surface area contributed by atoms with Crippen molar-refractivity contribution in [2.24, 2.45) is 0 Å². The maximum Gasteiger partial charge on any atom is 0.265 e. The summed E-state index contributed by atoms with van der Waals surface area (Å²) in [7, 11) is -4.32. The molecule has 0 aromatic heterocycles. The quantitative estimate of drug-likeness (QED) is 0.758. The number of carbonyl (C=O) groups is 1. The summed E-state index contributed by atoms with van der Waals surface area (Å²) in [5.74, 6) is -1.67. The molecule has 0 radical (unpaired) electrons. The third kappa shape index (κ3) is 4.43. The number of nitrogens with one attached hydrogen (secondary N) is 1. The Morgan fingerprint density at radius 3 is 2.15 bits per heavy atom. The molecule has 8 nitrogen and oxygen atoms in total. The van der Waals surface area contributed by atoms with E-state index in [0.29, 0.717) is 0 Å². The molecule has 2 rings (SSSR count). The molecule has 0 bridgehead atoms. The molecular weight excluding hydrogens is 399 g/mol. The Morgan fingerprint density at radius 2 is 1.63 bits per heavy atom. The lowest BCUT2D eigenvalue weighted by atomic mass is 10.2. The monoisotopic (exact) mass is 416 g/mol. The van der Waals surface area contributed by atoms with Crippen molar-refractivity contribution in [2.75, 3.05) is 21.2 Å². The SMILES string of the molecule is COc1ccc(C(=O)NS(=O)(=O)c2ccc(F)cc2)cc1S(=O)(=O)N(C)C. The average Bonchev–Trinajstić information content (AvgIpc) is 2.60. The molecule has 1 amide bonds. The zero-order chi connectivity index (χ0) is 20.4. The summed E-state index contributed by atoms with van der Waals surface area (Å²) in [5.41, 5.74) is -0.207. The lowest BCUT2D eigenvalue weighted by Crippen LogP contribution is -2.31. The number of rotatable bonds is 6. The van der Waals surface area contributed by atoms with Gasteiger partial charge >= 0.3 is 0 Å². The van der Waals surface area contributed by atoms with E-state index < -0.39 is 31.8 Å². The number of hydrogen-bond acceptors (Lipinski definition) is 6. The smallest absolute Gasteiger partial charge is 0.265 e. The number of amides is 1. The van der Waals surface area contributed by atoms with Gasteiger partial charge in [-0.25, -0.2) is 30.3 Å². The van der Waals surface area contributed by atoms with Crippen LogP contribution in [0.4, 0.5) is 4.39 Å². The summed E-state index contributed by atoms with van der Waals surface area (Å²) >= 11 is 0. The van der Waals surface area contributed by atoms with Crippen LogP contribution in [0.25, 0.3) is 0 Å². The van der Waals surface area contributed by atoms with Gasteiger partial charge in [0.1, 0.15) is 16.5 Å². The summed E-state index contributed by atoms with van der Waals surface area (Å²) in [5, 5.41) is 0. The van der Waals surface area contributed by atoms with Crippen molar-refractivity contribution < 1.29 is 30.8 Å². The summed E-state index contributed by atoms with van der Waals surface area (Å²) in [6.07, 6.45) is 0. The molecule has 0 saturated heterocycles. The molecule has 0 heterocycles. The Kier molecular flexibility index (Phi) is 5.88. The number of nitrogens with zero attached hydrogens (tertiary/aromatic N) is 1. The first-order valence-electron chi connectivity index (χ1n) is 7.42. The Balaban J connectivity index is 2.41. The highest BCUT2D eigenvalue weighted by molar-refractivity contribution is 7.90. The van der Waals surface area contributed by atoms with E-state index in [0.717, 1.165) is 34.6 Å². The fraction of sp³-hybridized carbons (Fsp3) is 0.188. The molecule has 0 unspecified atom stereocenters. The second-order valence-corrected chi connectivity index (χ2v) is 9.34. The highest BCUT2D eigenvalue weighted by Crippen LogP contribution is 2.27. The van der Waals surface area contributed by atoms with E-state index in [4.69, 9.17) is 4.74 Å². The number of halogens is 1. The fourth-order valence-electron chi connectivity index (χ4n) is 2.07. The van der Waals surface area contributed by atoms with Crippen molar-refractivity contribution in [2.45, 2.75) is 9.79 Å². The number of methoxy groups -OCH3 is 1. The molecule has 27 heavy (non-hydrogen) atoms. The van der Waals surface area contributed by atoms with Gasteiger partial charge in [-0.15, -0.1) is 0 Å². The molecule has 2 aromatic carbocycles. The van der Waals surface area contributed by atoms with E-state index in [1.165, 1.54) is 33.3 Å². The predicted octanol–water partition coefficient (Wildman–Crippen LogP) is 1.20. The van der Waals surface area contributed by atoms with E-state index >= 15 is 0 Å². The van der Waals surface area contributed by atoms with Gasteiger partial charge in [-0.1, -0.05) is 0 Å². The maximum atomic E-state index is 12.9. The van der Waals surface area contributed by atoms with E-state index in [9.17, 15) is 26.0 Å². The second kappa shape index (κ2) is 7.62. The molecule has 0 fully saturated rings. The van der Waals surface area contributed by atoms with Gasteiger partial charge in [0.05, 0.1) is 12.0 Å². The summed E-state index contributed by atoms with van der Waals surface area (Å²) in [6, 6.07) is 7.37. The van der Waals surface area contributed by atoms with E-state index in [-0.39, 0.29) is 21.1 Å². The van der Waals surface area contributed by atoms with Crippen LogP contribution in [0.2, 0.25) is 0 Å². The van der Waals surface area contributed by atoms with Crippen LogP contribution in [0, 0.1) is 5.82 Å². The molecule has 0 aliphatic rings. The van der Waals surface area contributed by atoms with Crippen LogP contribution in [-0.2, 0) is 20.0 Å². The lowest BCUT2D eigenvalue weighted by molar-refractivity contribution is 0.0981. The standard InChI is InChI=1S/C16H17FN2O6S2/c1-19(2)27(23,24)15-10-11(4-9-14(15)25-3)16(20)18-26(21,22)13-7-5-12(17)6-8-13/h4-10H,1-3H3,(H,18,20). The van der Waals surface area contributed by atoms with Gasteiger partial charge in [0, 0.05) is 19.7 Å². The number of hydrogen-bond donors (Lipinski definition) is 1. The normalized spacial score (nSPS) is 12.0. The second-order valence-electron chi connectivity index (χ2n) is 5.54. The Hall–Kier alpha value is -2.50. The maximum absolute atomic E-state index is 12.9. The van der Waals surface area contributed by atoms with E-state index in [1.807, 2.05) is 4.72 Å². The number of benzene rings is 2. The molecule has 2 aromatic rings. The minimum absolute atomic E-state index is 0.00152. The molecular formula is C16H17FN2O6S2. The van der Waals surface area contributed by atoms with Gasteiger partial charge in [0.15, 0.2) is 0 Å². The van der Waals surface area contributed by atoms with Gasteiger partial charge in [-0.2, -0.15) is 0 Å². The van der Waals surface area contributed by atoms with Crippen molar-refractivity contribution in [3.8, 4) is 5.75 Å². The van der Waals surface area contributed by atoms with Crippen molar-refractivity contribution in [3.05, 3.63) is 53.8 Å². The summed E-state index contributed by atoms with van der Waals surface area (Å²) in [4.78, 5) is 11.7. The minimum atomic E-state index is -4.26.